The Labute approximate surface area is 294 Å². The molecule has 0 bridgehead atoms. The molecule has 0 fully saturated rings. The predicted octanol–water partition coefficient (Wildman–Crippen LogP) is 12.4. The quantitative estimate of drug-likeness (QED) is 0.186. The molecular weight excluding hydrogens is 623 g/mol. The Morgan fingerprint density at radius 3 is 1.59 bits per heavy atom. The van der Waals surface area contributed by atoms with Gasteiger partial charge in [0.25, 0.3) is 0 Å². The number of fused-ring (bicyclic) bond motifs is 6. The van der Waals surface area contributed by atoms with Crippen molar-refractivity contribution in [2.24, 2.45) is 0 Å². The maximum Gasteiger partial charge on any atom is 0.164 e. The van der Waals surface area contributed by atoms with Gasteiger partial charge in [0.05, 0.1) is 0 Å². The minimum absolute atomic E-state index is 0.586. The van der Waals surface area contributed by atoms with Crippen molar-refractivity contribution in [2.45, 2.75) is 0 Å². The van der Waals surface area contributed by atoms with Crippen molar-refractivity contribution in [3.63, 3.8) is 0 Å². The molecule has 0 aliphatic heterocycles. The Bertz CT molecular complexity index is 2900. The molecule has 10 aromatic rings. The van der Waals surface area contributed by atoms with Crippen molar-refractivity contribution >= 4 is 43.5 Å². The first-order valence-electron chi connectivity index (χ1n) is 17.1. The first-order valence-corrected chi connectivity index (χ1v) is 17.1. The highest BCUT2D eigenvalue weighted by atomic mass is 16.3. The molecule has 0 unspecified atom stereocenters. The van der Waals surface area contributed by atoms with E-state index in [9.17, 15) is 0 Å². The van der Waals surface area contributed by atoms with Crippen molar-refractivity contribution in [1.82, 2.24) is 15.0 Å². The molecule has 4 nitrogen and oxygen atoms in total. The van der Waals surface area contributed by atoms with Gasteiger partial charge in [0, 0.05) is 27.5 Å². The maximum absolute atomic E-state index is 6.63. The standard InChI is InChI=1S/C47H29N3O/c1-4-12-30(13-5-1)34-20-21-36-27-37(23-22-35(36)26-34)46-48-45(33-17-8-3-9-18-33)49-47(50-46)38-28-40(31-14-6-2-7-15-31)44-42(29-38)51-41-25-24-32-16-10-11-19-39(32)43(41)44/h1-29H. The van der Waals surface area contributed by atoms with Crippen LogP contribution in [-0.4, -0.2) is 15.0 Å². The molecule has 8 aromatic carbocycles. The highest BCUT2D eigenvalue weighted by Crippen LogP contribution is 2.42. The van der Waals surface area contributed by atoms with E-state index in [1.165, 1.54) is 21.9 Å². The number of hydrogen-bond donors (Lipinski definition) is 0. The van der Waals surface area contributed by atoms with Crippen LogP contribution in [0.4, 0.5) is 0 Å². The fourth-order valence-electron chi connectivity index (χ4n) is 7.19. The average molecular weight is 652 g/mol. The van der Waals surface area contributed by atoms with Crippen molar-refractivity contribution < 1.29 is 4.42 Å². The van der Waals surface area contributed by atoms with Gasteiger partial charge in [0.15, 0.2) is 17.5 Å². The minimum Gasteiger partial charge on any atom is -0.456 e. The summed E-state index contributed by atoms with van der Waals surface area (Å²) in [5.41, 5.74) is 8.91. The van der Waals surface area contributed by atoms with Crippen molar-refractivity contribution in [3.05, 3.63) is 176 Å². The summed E-state index contributed by atoms with van der Waals surface area (Å²) in [5, 5.41) is 6.82. The molecule has 238 valence electrons. The number of benzene rings is 8. The molecule has 0 radical (unpaired) electrons. The van der Waals surface area contributed by atoms with Gasteiger partial charge < -0.3 is 4.42 Å². The molecule has 2 heterocycles. The van der Waals surface area contributed by atoms with E-state index in [4.69, 9.17) is 19.4 Å². The van der Waals surface area contributed by atoms with Crippen molar-refractivity contribution in [2.75, 3.05) is 0 Å². The van der Waals surface area contributed by atoms with E-state index >= 15 is 0 Å². The third kappa shape index (κ3) is 5.13. The zero-order valence-corrected chi connectivity index (χ0v) is 27.5. The Morgan fingerprint density at radius 2 is 0.863 bits per heavy atom. The number of rotatable bonds is 5. The lowest BCUT2D eigenvalue weighted by atomic mass is 9.95. The Morgan fingerprint density at radius 1 is 0.314 bits per heavy atom. The molecule has 10 rings (SSSR count). The molecule has 51 heavy (non-hydrogen) atoms. The number of aromatic nitrogens is 3. The van der Waals surface area contributed by atoms with Crippen LogP contribution in [0.15, 0.2) is 180 Å². The average Bonchev–Trinajstić information content (AvgIpc) is 3.60. The molecule has 0 amide bonds. The molecule has 4 heteroatoms. The van der Waals surface area contributed by atoms with Crippen molar-refractivity contribution in [3.8, 4) is 56.4 Å². The lowest BCUT2D eigenvalue weighted by Crippen LogP contribution is -2.00. The topological polar surface area (TPSA) is 51.8 Å². The van der Waals surface area contributed by atoms with E-state index in [-0.39, 0.29) is 0 Å². The molecule has 0 aliphatic rings. The smallest absolute Gasteiger partial charge is 0.164 e. The summed E-state index contributed by atoms with van der Waals surface area (Å²) in [6.45, 7) is 0. The van der Waals surface area contributed by atoms with Crippen LogP contribution >= 0.6 is 0 Å². The Hall–Kier alpha value is -6.91. The Kier molecular flexibility index (Phi) is 6.78. The van der Waals surface area contributed by atoms with E-state index in [0.29, 0.717) is 17.5 Å². The molecule has 0 saturated heterocycles. The fraction of sp³-hybridized carbons (Fsp3) is 0. The van der Waals surface area contributed by atoms with E-state index in [2.05, 4.69) is 133 Å². The Balaban J connectivity index is 1.18. The summed E-state index contributed by atoms with van der Waals surface area (Å²) in [7, 11) is 0. The zero-order chi connectivity index (χ0) is 33.7. The third-order valence-corrected chi connectivity index (χ3v) is 9.68. The first kappa shape index (κ1) is 29.0. The van der Waals surface area contributed by atoms with Gasteiger partial charge in [-0.15, -0.1) is 0 Å². The number of nitrogens with zero attached hydrogens (tertiary/aromatic N) is 3. The van der Waals surface area contributed by atoms with Gasteiger partial charge in [0.2, 0.25) is 0 Å². The monoisotopic (exact) mass is 651 g/mol. The third-order valence-electron chi connectivity index (χ3n) is 9.68. The van der Waals surface area contributed by atoms with Crippen LogP contribution in [-0.2, 0) is 0 Å². The van der Waals surface area contributed by atoms with Gasteiger partial charge >= 0.3 is 0 Å². The van der Waals surface area contributed by atoms with Gasteiger partial charge in [-0.05, 0) is 74.1 Å². The fourth-order valence-corrected chi connectivity index (χ4v) is 7.19. The van der Waals surface area contributed by atoms with Crippen LogP contribution in [0.25, 0.3) is 99.9 Å². The molecular formula is C47H29N3O. The van der Waals surface area contributed by atoms with Gasteiger partial charge in [-0.1, -0.05) is 146 Å². The van der Waals surface area contributed by atoms with E-state index in [1.807, 2.05) is 42.5 Å². The summed E-state index contributed by atoms with van der Waals surface area (Å²) in [5.74, 6) is 1.82. The molecule has 0 N–H and O–H groups in total. The van der Waals surface area contributed by atoms with Crippen LogP contribution < -0.4 is 0 Å². The summed E-state index contributed by atoms with van der Waals surface area (Å²) in [6, 6.07) is 61.0. The second-order valence-electron chi connectivity index (χ2n) is 12.8. The van der Waals surface area contributed by atoms with E-state index in [1.54, 1.807) is 0 Å². The molecule has 0 atom stereocenters. The van der Waals surface area contributed by atoms with Crippen LogP contribution in [0, 0.1) is 0 Å². The van der Waals surface area contributed by atoms with E-state index in [0.717, 1.165) is 60.5 Å². The first-order chi connectivity index (χ1) is 25.2. The molecule has 0 aliphatic carbocycles. The largest absolute Gasteiger partial charge is 0.456 e. The van der Waals surface area contributed by atoms with Crippen LogP contribution in [0.1, 0.15) is 0 Å². The van der Waals surface area contributed by atoms with Gasteiger partial charge in [-0.25, -0.2) is 15.0 Å². The molecule has 0 saturated carbocycles. The SMILES string of the molecule is c1ccc(-c2ccc3cc(-c4nc(-c5ccccc5)nc(-c5cc(-c6ccccc6)c6c(c5)oc5ccc7ccccc7c56)n4)ccc3c2)cc1. The number of hydrogen-bond acceptors (Lipinski definition) is 4. The van der Waals surface area contributed by atoms with Crippen molar-refractivity contribution in [1.29, 1.82) is 0 Å². The molecule has 0 spiro atoms. The van der Waals surface area contributed by atoms with Crippen LogP contribution in [0.3, 0.4) is 0 Å². The second kappa shape index (κ2) is 11.9. The number of furan rings is 1. The minimum atomic E-state index is 0.586. The lowest BCUT2D eigenvalue weighted by molar-refractivity contribution is 0.669. The second-order valence-corrected chi connectivity index (χ2v) is 12.8. The zero-order valence-electron chi connectivity index (χ0n) is 27.5. The van der Waals surface area contributed by atoms with Crippen LogP contribution in [0.5, 0.6) is 0 Å². The van der Waals surface area contributed by atoms with Crippen LogP contribution in [0.2, 0.25) is 0 Å². The highest BCUT2D eigenvalue weighted by molar-refractivity contribution is 6.23. The lowest BCUT2D eigenvalue weighted by Gasteiger charge is -2.11. The normalized spacial score (nSPS) is 11.5. The van der Waals surface area contributed by atoms with Gasteiger partial charge in [-0.2, -0.15) is 0 Å². The van der Waals surface area contributed by atoms with Gasteiger partial charge in [0.1, 0.15) is 11.2 Å². The van der Waals surface area contributed by atoms with E-state index < -0.39 is 0 Å². The summed E-state index contributed by atoms with van der Waals surface area (Å²) in [4.78, 5) is 15.3. The predicted molar refractivity (Wildman–Crippen MR) is 209 cm³/mol. The van der Waals surface area contributed by atoms with Gasteiger partial charge in [-0.3, -0.25) is 0 Å². The highest BCUT2D eigenvalue weighted by Gasteiger charge is 2.20. The summed E-state index contributed by atoms with van der Waals surface area (Å²) in [6.07, 6.45) is 0. The summed E-state index contributed by atoms with van der Waals surface area (Å²) < 4.78 is 6.63. The molecule has 2 aromatic heterocycles. The maximum atomic E-state index is 6.63. The summed E-state index contributed by atoms with van der Waals surface area (Å²) >= 11 is 0.